The fourth-order valence-electron chi connectivity index (χ4n) is 1.64. The molecule has 0 heterocycles. The summed E-state index contributed by atoms with van der Waals surface area (Å²) in [7, 11) is 3.07. The van der Waals surface area contributed by atoms with E-state index in [1.807, 2.05) is 38.1 Å². The van der Waals surface area contributed by atoms with Crippen molar-refractivity contribution in [2.45, 2.75) is 20.5 Å². The molecule has 1 N–H and O–H groups in total. The number of rotatable bonds is 6. The predicted molar refractivity (Wildman–Crippen MR) is 71.4 cm³/mol. The van der Waals surface area contributed by atoms with Crippen molar-refractivity contribution in [3.63, 3.8) is 0 Å². The highest BCUT2D eigenvalue weighted by atomic mass is 16.5. The minimum atomic E-state index is -0.561. The van der Waals surface area contributed by atoms with E-state index in [1.54, 1.807) is 7.11 Å². The van der Waals surface area contributed by atoms with E-state index >= 15 is 0 Å². The zero-order valence-corrected chi connectivity index (χ0v) is 11.4. The Morgan fingerprint density at radius 1 is 1.28 bits per heavy atom. The van der Waals surface area contributed by atoms with Crippen molar-refractivity contribution in [1.82, 2.24) is 0 Å². The lowest BCUT2D eigenvalue weighted by molar-refractivity contribution is -0.149. The van der Waals surface area contributed by atoms with Gasteiger partial charge >= 0.3 is 5.97 Å². The number of esters is 1. The van der Waals surface area contributed by atoms with Gasteiger partial charge in [-0.05, 0) is 19.9 Å². The first-order valence-electron chi connectivity index (χ1n) is 5.90. The fourth-order valence-corrected chi connectivity index (χ4v) is 1.64. The Labute approximate surface area is 108 Å². The fraction of sp³-hybridized carbons (Fsp3) is 0.500. The Kier molecular flexibility index (Phi) is 5.16. The van der Waals surface area contributed by atoms with Gasteiger partial charge in [0.25, 0.3) is 0 Å². The van der Waals surface area contributed by atoms with Gasteiger partial charge in [-0.1, -0.05) is 18.2 Å². The van der Waals surface area contributed by atoms with Crippen LogP contribution >= 0.6 is 0 Å². The van der Waals surface area contributed by atoms with Crippen LogP contribution in [0.3, 0.4) is 0 Å². The summed E-state index contributed by atoms with van der Waals surface area (Å²) in [4.78, 5) is 11.6. The number of hydrogen-bond acceptors (Lipinski definition) is 4. The predicted octanol–water partition coefficient (Wildman–Crippen LogP) is 2.44. The van der Waals surface area contributed by atoms with Gasteiger partial charge in [0, 0.05) is 24.9 Å². The molecule has 18 heavy (non-hydrogen) atoms. The van der Waals surface area contributed by atoms with Crippen LogP contribution in [0, 0.1) is 5.41 Å². The lowest BCUT2D eigenvalue weighted by atomic mass is 9.93. The summed E-state index contributed by atoms with van der Waals surface area (Å²) < 4.78 is 9.92. The largest absolute Gasteiger partial charge is 0.469 e. The number of anilines is 1. The molecular weight excluding hydrogens is 230 g/mol. The molecule has 1 aromatic rings. The van der Waals surface area contributed by atoms with Crippen LogP contribution in [0.4, 0.5) is 5.69 Å². The van der Waals surface area contributed by atoms with E-state index in [1.165, 1.54) is 7.11 Å². The summed E-state index contributed by atoms with van der Waals surface area (Å²) in [5.41, 5.74) is 1.49. The first-order valence-corrected chi connectivity index (χ1v) is 5.90. The Bertz CT molecular complexity index is 402. The summed E-state index contributed by atoms with van der Waals surface area (Å²) in [6.07, 6.45) is 0. The van der Waals surface area contributed by atoms with Gasteiger partial charge in [0.15, 0.2) is 0 Å². The number of carbonyl (C=O) groups is 1. The minimum Gasteiger partial charge on any atom is -0.469 e. The molecule has 0 saturated heterocycles. The zero-order valence-electron chi connectivity index (χ0n) is 11.4. The highest BCUT2D eigenvalue weighted by molar-refractivity contribution is 5.76. The highest BCUT2D eigenvalue weighted by Gasteiger charge is 2.28. The van der Waals surface area contributed by atoms with E-state index < -0.39 is 5.41 Å². The van der Waals surface area contributed by atoms with E-state index in [0.29, 0.717) is 13.2 Å². The second kappa shape index (κ2) is 6.40. The summed E-state index contributed by atoms with van der Waals surface area (Å²) in [6, 6.07) is 7.89. The zero-order chi connectivity index (χ0) is 13.6. The van der Waals surface area contributed by atoms with Crippen molar-refractivity contribution in [3.05, 3.63) is 29.8 Å². The van der Waals surface area contributed by atoms with Crippen LogP contribution in [-0.2, 0) is 20.9 Å². The van der Waals surface area contributed by atoms with Crippen LogP contribution in [0.2, 0.25) is 0 Å². The topological polar surface area (TPSA) is 47.6 Å². The molecule has 0 radical (unpaired) electrons. The summed E-state index contributed by atoms with van der Waals surface area (Å²) in [6.45, 7) is 4.76. The SMILES string of the molecule is COCc1ccccc1NCC(C)(C)C(=O)OC. The molecule has 0 spiro atoms. The number of benzene rings is 1. The van der Waals surface area contributed by atoms with Gasteiger partial charge in [0.1, 0.15) is 0 Å². The van der Waals surface area contributed by atoms with Crippen molar-refractivity contribution in [2.24, 2.45) is 5.41 Å². The van der Waals surface area contributed by atoms with E-state index in [2.05, 4.69) is 5.32 Å². The van der Waals surface area contributed by atoms with Gasteiger partial charge in [-0.3, -0.25) is 4.79 Å². The van der Waals surface area contributed by atoms with Gasteiger partial charge in [-0.25, -0.2) is 0 Å². The lowest BCUT2D eigenvalue weighted by Gasteiger charge is -2.23. The molecule has 0 aliphatic heterocycles. The summed E-state index contributed by atoms with van der Waals surface area (Å²) in [5.74, 6) is -0.223. The van der Waals surface area contributed by atoms with E-state index in [-0.39, 0.29) is 5.97 Å². The second-order valence-electron chi connectivity index (χ2n) is 4.82. The average molecular weight is 251 g/mol. The summed E-state index contributed by atoms with van der Waals surface area (Å²) >= 11 is 0. The molecule has 0 atom stereocenters. The molecule has 0 unspecified atom stereocenters. The van der Waals surface area contributed by atoms with Gasteiger partial charge in [0.2, 0.25) is 0 Å². The molecule has 0 amide bonds. The molecule has 0 fully saturated rings. The van der Waals surface area contributed by atoms with Crippen molar-refractivity contribution < 1.29 is 14.3 Å². The number of hydrogen-bond donors (Lipinski definition) is 1. The van der Waals surface area contributed by atoms with Crippen LogP contribution in [0.15, 0.2) is 24.3 Å². The number of methoxy groups -OCH3 is 2. The Morgan fingerprint density at radius 2 is 1.94 bits per heavy atom. The number of ether oxygens (including phenoxy) is 2. The maximum absolute atomic E-state index is 11.6. The van der Waals surface area contributed by atoms with Crippen LogP contribution < -0.4 is 5.32 Å². The highest BCUT2D eigenvalue weighted by Crippen LogP contribution is 2.21. The van der Waals surface area contributed by atoms with Crippen LogP contribution in [0.1, 0.15) is 19.4 Å². The molecule has 1 aromatic carbocycles. The number of carbonyl (C=O) groups excluding carboxylic acids is 1. The molecule has 0 bridgehead atoms. The average Bonchev–Trinajstić information content (AvgIpc) is 2.37. The summed E-state index contributed by atoms with van der Waals surface area (Å²) in [5, 5.41) is 3.27. The second-order valence-corrected chi connectivity index (χ2v) is 4.82. The van der Waals surface area contributed by atoms with Gasteiger partial charge < -0.3 is 14.8 Å². The number of para-hydroxylation sites is 1. The molecule has 0 aromatic heterocycles. The van der Waals surface area contributed by atoms with Crippen molar-refractivity contribution in [1.29, 1.82) is 0 Å². The smallest absolute Gasteiger partial charge is 0.313 e. The van der Waals surface area contributed by atoms with E-state index in [4.69, 9.17) is 9.47 Å². The van der Waals surface area contributed by atoms with Crippen LogP contribution in [-0.4, -0.2) is 26.7 Å². The minimum absolute atomic E-state index is 0.223. The molecule has 100 valence electrons. The standard InChI is InChI=1S/C14H21NO3/c1-14(2,13(16)18-4)10-15-12-8-6-5-7-11(12)9-17-3/h5-8,15H,9-10H2,1-4H3. The molecule has 0 saturated carbocycles. The maximum atomic E-state index is 11.6. The van der Waals surface area contributed by atoms with Crippen molar-refractivity contribution in [3.8, 4) is 0 Å². The molecule has 4 nitrogen and oxygen atoms in total. The normalized spacial score (nSPS) is 11.1. The Balaban J connectivity index is 2.71. The van der Waals surface area contributed by atoms with Crippen LogP contribution in [0.5, 0.6) is 0 Å². The van der Waals surface area contributed by atoms with E-state index in [9.17, 15) is 4.79 Å². The van der Waals surface area contributed by atoms with Crippen molar-refractivity contribution >= 4 is 11.7 Å². The van der Waals surface area contributed by atoms with Crippen LogP contribution in [0.25, 0.3) is 0 Å². The van der Waals surface area contributed by atoms with E-state index in [0.717, 1.165) is 11.3 Å². The van der Waals surface area contributed by atoms with Gasteiger partial charge in [-0.2, -0.15) is 0 Å². The third kappa shape index (κ3) is 3.74. The molecular formula is C14H21NO3. The first-order chi connectivity index (χ1) is 8.51. The molecule has 4 heteroatoms. The molecule has 0 aliphatic rings. The maximum Gasteiger partial charge on any atom is 0.313 e. The lowest BCUT2D eigenvalue weighted by Crippen LogP contribution is -2.33. The monoisotopic (exact) mass is 251 g/mol. The quantitative estimate of drug-likeness (QED) is 0.789. The number of nitrogens with one attached hydrogen (secondary N) is 1. The van der Waals surface area contributed by atoms with Crippen molar-refractivity contribution in [2.75, 3.05) is 26.1 Å². The first kappa shape index (κ1) is 14.5. The third-order valence-corrected chi connectivity index (χ3v) is 2.78. The Morgan fingerprint density at radius 3 is 2.56 bits per heavy atom. The molecule has 0 aliphatic carbocycles. The third-order valence-electron chi connectivity index (χ3n) is 2.78. The molecule has 1 rings (SSSR count). The van der Waals surface area contributed by atoms with Gasteiger partial charge in [-0.15, -0.1) is 0 Å². The van der Waals surface area contributed by atoms with Gasteiger partial charge in [0.05, 0.1) is 19.1 Å². The Hall–Kier alpha value is -1.55.